The standard InChI is InChI=1S/C13H18N2O2S/c1-14-6-9-18(16)13-3-2-11(10-12(13)14)15-4-7-17-8-5-15/h2-3,10H,4-9H2,1H3. The van der Waals surface area contributed by atoms with Gasteiger partial charge < -0.3 is 14.5 Å². The van der Waals surface area contributed by atoms with Crippen molar-refractivity contribution in [2.75, 3.05) is 55.4 Å². The number of anilines is 2. The Morgan fingerprint density at radius 3 is 2.78 bits per heavy atom. The number of ether oxygens (including phenoxy) is 1. The van der Waals surface area contributed by atoms with Crippen LogP contribution in [0.1, 0.15) is 0 Å². The van der Waals surface area contributed by atoms with Gasteiger partial charge in [-0.1, -0.05) is 0 Å². The Bertz CT molecular complexity index is 472. The molecule has 3 rings (SSSR count). The van der Waals surface area contributed by atoms with Crippen molar-refractivity contribution in [3.05, 3.63) is 18.2 Å². The van der Waals surface area contributed by atoms with Crippen molar-refractivity contribution >= 4 is 22.2 Å². The Labute approximate surface area is 110 Å². The number of nitrogens with zero attached hydrogens (tertiary/aromatic N) is 2. The highest BCUT2D eigenvalue weighted by atomic mass is 32.2. The van der Waals surface area contributed by atoms with Crippen LogP contribution in [0, 0.1) is 0 Å². The first kappa shape index (κ1) is 12.0. The second-order valence-corrected chi connectivity index (χ2v) is 6.26. The zero-order valence-corrected chi connectivity index (χ0v) is 11.4. The summed E-state index contributed by atoms with van der Waals surface area (Å²) in [6.07, 6.45) is 0. The van der Waals surface area contributed by atoms with E-state index in [1.54, 1.807) is 0 Å². The first-order valence-electron chi connectivity index (χ1n) is 6.32. The van der Waals surface area contributed by atoms with E-state index in [-0.39, 0.29) is 0 Å². The minimum Gasteiger partial charge on any atom is -0.378 e. The van der Waals surface area contributed by atoms with E-state index in [2.05, 4.69) is 29.0 Å². The molecule has 2 aliphatic heterocycles. The highest BCUT2D eigenvalue weighted by Gasteiger charge is 2.21. The van der Waals surface area contributed by atoms with Gasteiger partial charge in [-0.05, 0) is 18.2 Å². The largest absolute Gasteiger partial charge is 0.378 e. The van der Waals surface area contributed by atoms with E-state index >= 15 is 0 Å². The van der Waals surface area contributed by atoms with Crippen molar-refractivity contribution in [2.45, 2.75) is 4.90 Å². The molecule has 0 radical (unpaired) electrons. The summed E-state index contributed by atoms with van der Waals surface area (Å²) in [5, 5.41) is 0. The fourth-order valence-corrected chi connectivity index (χ4v) is 3.79. The minimum absolute atomic E-state index is 0.737. The van der Waals surface area contributed by atoms with Crippen LogP contribution in [0.5, 0.6) is 0 Å². The van der Waals surface area contributed by atoms with Crippen molar-refractivity contribution in [2.24, 2.45) is 0 Å². The molecule has 1 aromatic rings. The molecule has 1 atom stereocenters. The van der Waals surface area contributed by atoms with Gasteiger partial charge in [0, 0.05) is 38.1 Å². The molecule has 0 N–H and O–H groups in total. The monoisotopic (exact) mass is 266 g/mol. The third-order valence-corrected chi connectivity index (χ3v) is 4.98. The number of hydrogen-bond acceptors (Lipinski definition) is 4. The third-order valence-electron chi connectivity index (χ3n) is 3.59. The normalized spacial score (nSPS) is 23.9. The Morgan fingerprint density at radius 1 is 1.22 bits per heavy atom. The first-order valence-corrected chi connectivity index (χ1v) is 7.64. The van der Waals surface area contributed by atoms with Crippen LogP contribution < -0.4 is 9.80 Å². The minimum atomic E-state index is -0.834. The van der Waals surface area contributed by atoms with Crippen molar-refractivity contribution in [3.63, 3.8) is 0 Å². The first-order chi connectivity index (χ1) is 8.75. The lowest BCUT2D eigenvalue weighted by Gasteiger charge is -2.32. The third kappa shape index (κ3) is 2.12. The van der Waals surface area contributed by atoms with E-state index < -0.39 is 10.8 Å². The number of morpholine rings is 1. The lowest BCUT2D eigenvalue weighted by molar-refractivity contribution is 0.122. The summed E-state index contributed by atoms with van der Waals surface area (Å²) in [6.45, 7) is 4.32. The van der Waals surface area contributed by atoms with Crippen molar-refractivity contribution in [1.82, 2.24) is 0 Å². The summed E-state index contributed by atoms with van der Waals surface area (Å²) in [6, 6.07) is 6.27. The van der Waals surface area contributed by atoms with Crippen molar-refractivity contribution < 1.29 is 8.95 Å². The quantitative estimate of drug-likeness (QED) is 0.761. The van der Waals surface area contributed by atoms with Crippen LogP contribution in [0.3, 0.4) is 0 Å². The number of hydrogen-bond donors (Lipinski definition) is 0. The summed E-state index contributed by atoms with van der Waals surface area (Å²) in [7, 11) is 1.23. The zero-order valence-electron chi connectivity index (χ0n) is 10.6. The highest BCUT2D eigenvalue weighted by Crippen LogP contribution is 2.31. The lowest BCUT2D eigenvalue weighted by atomic mass is 10.2. The Kier molecular flexibility index (Phi) is 3.26. The Morgan fingerprint density at radius 2 is 2.00 bits per heavy atom. The fraction of sp³-hybridized carbons (Fsp3) is 0.538. The molecule has 18 heavy (non-hydrogen) atoms. The molecule has 2 aliphatic rings. The molecule has 0 spiro atoms. The number of benzene rings is 1. The Balaban J connectivity index is 1.93. The molecule has 2 heterocycles. The van der Waals surface area contributed by atoms with Gasteiger partial charge in [-0.25, -0.2) is 0 Å². The maximum absolute atomic E-state index is 12.0. The van der Waals surface area contributed by atoms with E-state index in [0.29, 0.717) is 0 Å². The summed E-state index contributed by atoms with van der Waals surface area (Å²) < 4.78 is 17.3. The van der Waals surface area contributed by atoms with Gasteiger partial charge in [0.25, 0.3) is 0 Å². The van der Waals surface area contributed by atoms with Crippen LogP contribution in [-0.2, 0) is 15.5 Å². The molecule has 1 fully saturated rings. The molecule has 98 valence electrons. The van der Waals surface area contributed by atoms with Gasteiger partial charge in [0.05, 0.1) is 34.6 Å². The van der Waals surface area contributed by atoms with E-state index in [1.807, 2.05) is 6.07 Å². The summed E-state index contributed by atoms with van der Waals surface area (Å²) in [5.41, 5.74) is 2.33. The molecule has 4 nitrogen and oxygen atoms in total. The summed E-state index contributed by atoms with van der Waals surface area (Å²) in [5.74, 6) is 0.737. The predicted octanol–water partition coefficient (Wildman–Crippen LogP) is 1.08. The molecule has 1 saturated heterocycles. The molecule has 1 unspecified atom stereocenters. The van der Waals surface area contributed by atoms with Gasteiger partial charge >= 0.3 is 0 Å². The summed E-state index contributed by atoms with van der Waals surface area (Å²) in [4.78, 5) is 5.50. The SMILES string of the molecule is CN1CCS(=O)c2ccc(N3CCOCC3)cc21. The van der Waals surface area contributed by atoms with Crippen LogP contribution in [0.2, 0.25) is 0 Å². The van der Waals surface area contributed by atoms with Gasteiger partial charge in [0.15, 0.2) is 0 Å². The van der Waals surface area contributed by atoms with E-state index in [0.717, 1.165) is 49.2 Å². The summed E-state index contributed by atoms with van der Waals surface area (Å²) >= 11 is 0. The predicted molar refractivity (Wildman–Crippen MR) is 74.0 cm³/mol. The number of rotatable bonds is 1. The molecule has 1 aromatic carbocycles. The molecule has 0 saturated carbocycles. The molecule has 5 heteroatoms. The lowest BCUT2D eigenvalue weighted by Crippen LogP contribution is -2.36. The van der Waals surface area contributed by atoms with Crippen LogP contribution in [-0.4, -0.2) is 49.9 Å². The molecule has 0 amide bonds. The molecule has 0 bridgehead atoms. The average molecular weight is 266 g/mol. The van der Waals surface area contributed by atoms with Gasteiger partial charge in [-0.15, -0.1) is 0 Å². The number of fused-ring (bicyclic) bond motifs is 1. The second-order valence-electron chi connectivity index (χ2n) is 4.72. The highest BCUT2D eigenvalue weighted by molar-refractivity contribution is 7.85. The van der Waals surface area contributed by atoms with Gasteiger partial charge in [0.2, 0.25) is 0 Å². The molecular weight excluding hydrogens is 248 g/mol. The fourth-order valence-electron chi connectivity index (χ4n) is 2.47. The zero-order chi connectivity index (χ0) is 12.5. The van der Waals surface area contributed by atoms with Gasteiger partial charge in [0.1, 0.15) is 0 Å². The molecule has 0 aliphatic carbocycles. The van der Waals surface area contributed by atoms with Gasteiger partial charge in [-0.3, -0.25) is 4.21 Å². The maximum atomic E-state index is 12.0. The van der Waals surface area contributed by atoms with Gasteiger partial charge in [-0.2, -0.15) is 0 Å². The van der Waals surface area contributed by atoms with Crippen molar-refractivity contribution in [3.8, 4) is 0 Å². The van der Waals surface area contributed by atoms with Crippen molar-refractivity contribution in [1.29, 1.82) is 0 Å². The molecular formula is C13H18N2O2S. The van der Waals surface area contributed by atoms with Crippen LogP contribution >= 0.6 is 0 Å². The smallest absolute Gasteiger partial charge is 0.0642 e. The van der Waals surface area contributed by atoms with Crippen LogP contribution in [0.4, 0.5) is 11.4 Å². The molecule has 0 aromatic heterocycles. The van der Waals surface area contributed by atoms with Crippen LogP contribution in [0.25, 0.3) is 0 Å². The average Bonchev–Trinajstić information content (AvgIpc) is 2.44. The topological polar surface area (TPSA) is 32.8 Å². The van der Waals surface area contributed by atoms with E-state index in [1.165, 1.54) is 5.69 Å². The second kappa shape index (κ2) is 4.90. The van der Waals surface area contributed by atoms with E-state index in [4.69, 9.17) is 4.74 Å². The van der Waals surface area contributed by atoms with E-state index in [9.17, 15) is 4.21 Å². The maximum Gasteiger partial charge on any atom is 0.0642 e. The Hall–Kier alpha value is -1.07. The van der Waals surface area contributed by atoms with Crippen LogP contribution in [0.15, 0.2) is 23.1 Å².